The zero-order valence-electron chi connectivity index (χ0n) is 11.6. The summed E-state index contributed by atoms with van der Waals surface area (Å²) in [4.78, 5) is 11.9. The number of rotatable bonds is 6. The van der Waals surface area contributed by atoms with Gasteiger partial charge in [-0.25, -0.2) is 4.79 Å². The summed E-state index contributed by atoms with van der Waals surface area (Å²) in [5.74, 6) is 0. The van der Waals surface area contributed by atoms with Gasteiger partial charge >= 0.3 is 6.03 Å². The molecule has 0 spiro atoms. The van der Waals surface area contributed by atoms with Crippen molar-refractivity contribution in [3.63, 3.8) is 0 Å². The van der Waals surface area contributed by atoms with E-state index < -0.39 is 0 Å². The van der Waals surface area contributed by atoms with Crippen LogP contribution < -0.4 is 10.6 Å². The highest BCUT2D eigenvalue weighted by Gasteiger charge is 2.35. The number of para-hydroxylation sites is 1. The Labute approximate surface area is 119 Å². The van der Waals surface area contributed by atoms with E-state index in [0.29, 0.717) is 13.2 Å². The van der Waals surface area contributed by atoms with E-state index in [1.165, 1.54) is 0 Å². The normalized spacial score (nSPS) is 16.9. The van der Waals surface area contributed by atoms with Gasteiger partial charge in [-0.05, 0) is 25.0 Å². The fourth-order valence-electron chi connectivity index (χ4n) is 2.59. The van der Waals surface area contributed by atoms with Gasteiger partial charge in [0.15, 0.2) is 0 Å². The predicted molar refractivity (Wildman–Crippen MR) is 77.7 cm³/mol. The first-order valence-electron chi connectivity index (χ1n) is 7.09. The molecule has 0 atom stereocenters. The molecule has 0 saturated heterocycles. The Morgan fingerprint density at radius 3 is 2.60 bits per heavy atom. The number of ether oxygens (including phenoxy) is 1. The molecule has 0 unspecified atom stereocenters. The number of carbonyl (C=O) groups excluding carboxylic acids is 1. The Balaban J connectivity index is 1.81. The number of benzene rings is 1. The highest BCUT2D eigenvalue weighted by molar-refractivity contribution is 5.89. The number of amides is 2. The summed E-state index contributed by atoms with van der Waals surface area (Å²) in [6.45, 7) is 0.811. The zero-order chi connectivity index (χ0) is 14.3. The molecule has 1 saturated carbocycles. The number of aliphatic hydroxyl groups excluding tert-OH is 1. The molecule has 0 aliphatic heterocycles. The minimum atomic E-state index is -0.309. The van der Waals surface area contributed by atoms with Gasteiger partial charge in [-0.1, -0.05) is 31.0 Å². The molecule has 0 heterocycles. The van der Waals surface area contributed by atoms with Crippen molar-refractivity contribution in [2.24, 2.45) is 0 Å². The van der Waals surface area contributed by atoms with Crippen LogP contribution in [0.25, 0.3) is 0 Å². The molecule has 2 rings (SSSR count). The van der Waals surface area contributed by atoms with Gasteiger partial charge in [-0.3, -0.25) is 0 Å². The van der Waals surface area contributed by atoms with Gasteiger partial charge in [0.25, 0.3) is 0 Å². The minimum Gasteiger partial charge on any atom is -0.394 e. The molecule has 5 nitrogen and oxygen atoms in total. The van der Waals surface area contributed by atoms with E-state index in [0.717, 1.165) is 31.4 Å². The molecule has 3 N–H and O–H groups in total. The smallest absolute Gasteiger partial charge is 0.319 e. The molecule has 0 bridgehead atoms. The Morgan fingerprint density at radius 1 is 1.25 bits per heavy atom. The Bertz CT molecular complexity index is 416. The van der Waals surface area contributed by atoms with Crippen molar-refractivity contribution < 1.29 is 14.6 Å². The van der Waals surface area contributed by atoms with Crippen molar-refractivity contribution in [3.8, 4) is 0 Å². The monoisotopic (exact) mass is 278 g/mol. The molecule has 20 heavy (non-hydrogen) atoms. The fourth-order valence-corrected chi connectivity index (χ4v) is 2.59. The first kappa shape index (κ1) is 14.8. The van der Waals surface area contributed by atoms with Gasteiger partial charge in [0, 0.05) is 12.2 Å². The zero-order valence-corrected chi connectivity index (χ0v) is 11.6. The van der Waals surface area contributed by atoms with Crippen molar-refractivity contribution >= 4 is 11.7 Å². The maximum atomic E-state index is 11.9. The van der Waals surface area contributed by atoms with Crippen LogP contribution >= 0.6 is 0 Å². The Hall–Kier alpha value is -1.59. The summed E-state index contributed by atoms with van der Waals surface area (Å²) in [5, 5.41) is 14.5. The topological polar surface area (TPSA) is 70.6 Å². The lowest BCUT2D eigenvalue weighted by Crippen LogP contribution is -2.45. The number of nitrogens with one attached hydrogen (secondary N) is 2. The molecule has 1 aromatic carbocycles. The van der Waals surface area contributed by atoms with Crippen LogP contribution in [0.1, 0.15) is 25.7 Å². The standard InChI is InChI=1S/C15H22N2O3/c18-10-11-20-15(8-4-5-9-15)12-16-14(19)17-13-6-2-1-3-7-13/h1-3,6-7,18H,4-5,8-12H2,(H2,16,17,19). The van der Waals surface area contributed by atoms with E-state index >= 15 is 0 Å². The summed E-state index contributed by atoms with van der Waals surface area (Å²) >= 11 is 0. The van der Waals surface area contributed by atoms with Gasteiger partial charge < -0.3 is 20.5 Å². The van der Waals surface area contributed by atoms with Crippen molar-refractivity contribution in [3.05, 3.63) is 30.3 Å². The third-order valence-corrected chi connectivity index (χ3v) is 3.62. The van der Waals surface area contributed by atoms with Crippen LogP contribution in [-0.2, 0) is 4.74 Å². The molecule has 5 heteroatoms. The number of carbonyl (C=O) groups is 1. The van der Waals surface area contributed by atoms with Crippen LogP contribution in [0.15, 0.2) is 30.3 Å². The minimum absolute atomic E-state index is 0.0119. The largest absolute Gasteiger partial charge is 0.394 e. The van der Waals surface area contributed by atoms with Crippen LogP contribution in [-0.4, -0.2) is 36.5 Å². The highest BCUT2D eigenvalue weighted by Crippen LogP contribution is 2.32. The van der Waals surface area contributed by atoms with Gasteiger partial charge in [-0.15, -0.1) is 0 Å². The van der Waals surface area contributed by atoms with Crippen LogP contribution in [0, 0.1) is 0 Å². The van der Waals surface area contributed by atoms with E-state index in [4.69, 9.17) is 9.84 Å². The average molecular weight is 278 g/mol. The second kappa shape index (κ2) is 7.26. The SMILES string of the molecule is O=C(NCC1(OCCO)CCCC1)Nc1ccccc1. The van der Waals surface area contributed by atoms with E-state index in [1.54, 1.807) is 0 Å². The molecule has 2 amide bonds. The van der Waals surface area contributed by atoms with Crippen LogP contribution in [0.5, 0.6) is 0 Å². The highest BCUT2D eigenvalue weighted by atomic mass is 16.5. The summed E-state index contributed by atoms with van der Waals surface area (Å²) in [5.41, 5.74) is 0.457. The molecule has 1 aliphatic carbocycles. The van der Waals surface area contributed by atoms with Crippen molar-refractivity contribution in [2.75, 3.05) is 25.1 Å². The summed E-state index contributed by atoms with van der Waals surface area (Å²) in [7, 11) is 0. The Kier molecular flexibility index (Phi) is 5.38. The Morgan fingerprint density at radius 2 is 1.95 bits per heavy atom. The summed E-state index contributed by atoms with van der Waals surface area (Å²) in [6.07, 6.45) is 4.07. The third-order valence-electron chi connectivity index (χ3n) is 3.62. The molecule has 0 radical (unpaired) electrons. The van der Waals surface area contributed by atoms with Gasteiger partial charge in [-0.2, -0.15) is 0 Å². The van der Waals surface area contributed by atoms with E-state index in [2.05, 4.69) is 10.6 Å². The molecule has 1 aromatic rings. The average Bonchev–Trinajstić information content (AvgIpc) is 2.94. The van der Waals surface area contributed by atoms with E-state index in [9.17, 15) is 4.79 Å². The maximum Gasteiger partial charge on any atom is 0.319 e. The first-order valence-corrected chi connectivity index (χ1v) is 7.09. The van der Waals surface area contributed by atoms with E-state index in [-0.39, 0.29) is 18.2 Å². The van der Waals surface area contributed by atoms with Crippen molar-refractivity contribution in [2.45, 2.75) is 31.3 Å². The van der Waals surface area contributed by atoms with Gasteiger partial charge in [0.05, 0.1) is 18.8 Å². The lowest BCUT2D eigenvalue weighted by atomic mass is 10.0. The molecular weight excluding hydrogens is 256 g/mol. The van der Waals surface area contributed by atoms with Crippen molar-refractivity contribution in [1.82, 2.24) is 5.32 Å². The number of hydrogen-bond donors (Lipinski definition) is 3. The first-order chi connectivity index (χ1) is 9.74. The van der Waals surface area contributed by atoms with Crippen LogP contribution in [0.3, 0.4) is 0 Å². The molecule has 1 aliphatic rings. The number of urea groups is 1. The maximum absolute atomic E-state index is 11.9. The molecule has 1 fully saturated rings. The number of aliphatic hydroxyl groups is 1. The molecular formula is C15H22N2O3. The summed E-state index contributed by atoms with van der Waals surface area (Å²) in [6, 6.07) is 9.10. The lowest BCUT2D eigenvalue weighted by molar-refractivity contribution is -0.0503. The van der Waals surface area contributed by atoms with Gasteiger partial charge in [0.1, 0.15) is 0 Å². The van der Waals surface area contributed by atoms with E-state index in [1.807, 2.05) is 30.3 Å². The predicted octanol–water partition coefficient (Wildman–Crippen LogP) is 2.13. The fraction of sp³-hybridized carbons (Fsp3) is 0.533. The lowest BCUT2D eigenvalue weighted by Gasteiger charge is -2.29. The number of anilines is 1. The second-order valence-corrected chi connectivity index (χ2v) is 5.14. The van der Waals surface area contributed by atoms with Gasteiger partial charge in [0.2, 0.25) is 0 Å². The van der Waals surface area contributed by atoms with Crippen LogP contribution in [0.2, 0.25) is 0 Å². The van der Waals surface area contributed by atoms with Crippen LogP contribution in [0.4, 0.5) is 10.5 Å². The molecule has 0 aromatic heterocycles. The third kappa shape index (κ3) is 4.21. The quantitative estimate of drug-likeness (QED) is 0.746. The number of hydrogen-bond acceptors (Lipinski definition) is 3. The molecule has 110 valence electrons. The second-order valence-electron chi connectivity index (χ2n) is 5.14. The van der Waals surface area contributed by atoms with Crippen molar-refractivity contribution in [1.29, 1.82) is 0 Å². The summed E-state index contributed by atoms with van der Waals surface area (Å²) < 4.78 is 5.75.